The van der Waals surface area contributed by atoms with Crippen LogP contribution in [0.1, 0.15) is 6.42 Å². The lowest BCUT2D eigenvalue weighted by atomic mass is 10.2. The molecule has 0 aliphatic carbocycles. The molecule has 1 aliphatic heterocycles. The van der Waals surface area contributed by atoms with Gasteiger partial charge in [0.15, 0.2) is 0 Å². The van der Waals surface area contributed by atoms with Gasteiger partial charge in [0.1, 0.15) is 5.82 Å². The van der Waals surface area contributed by atoms with E-state index in [9.17, 15) is 9.18 Å². The molecule has 0 aromatic heterocycles. The predicted molar refractivity (Wildman–Crippen MR) is 82.9 cm³/mol. The zero-order chi connectivity index (χ0) is 15.0. The van der Waals surface area contributed by atoms with Gasteiger partial charge in [-0.05, 0) is 30.3 Å². The number of benzene rings is 2. The van der Waals surface area contributed by atoms with Crippen LogP contribution in [0.2, 0.25) is 5.02 Å². The van der Waals surface area contributed by atoms with Crippen LogP contribution in [0.15, 0.2) is 42.5 Å². The van der Waals surface area contributed by atoms with E-state index in [2.05, 4.69) is 0 Å². The quantitative estimate of drug-likeness (QED) is 0.795. The molecule has 2 aromatic rings. The maximum atomic E-state index is 14.1. The van der Waals surface area contributed by atoms with Crippen LogP contribution in [0.4, 0.5) is 21.5 Å². The van der Waals surface area contributed by atoms with E-state index in [-0.39, 0.29) is 11.6 Å². The molecule has 3 rings (SSSR count). The SMILES string of the molecule is CN1CCC(=O)N(c2ccccc2F)c2cc(Cl)ccc21. The fourth-order valence-electron chi connectivity index (χ4n) is 2.53. The Balaban J connectivity index is 2.23. The Labute approximate surface area is 127 Å². The lowest BCUT2D eigenvalue weighted by Gasteiger charge is -2.25. The van der Waals surface area contributed by atoms with Crippen molar-refractivity contribution in [1.29, 1.82) is 0 Å². The molecule has 108 valence electrons. The molecule has 0 saturated carbocycles. The van der Waals surface area contributed by atoms with Crippen molar-refractivity contribution in [3.8, 4) is 0 Å². The minimum atomic E-state index is -0.429. The summed E-state index contributed by atoms with van der Waals surface area (Å²) in [6.45, 7) is 0.582. The number of carbonyl (C=O) groups excluding carboxylic acids is 1. The van der Waals surface area contributed by atoms with E-state index < -0.39 is 5.82 Å². The molecule has 2 aromatic carbocycles. The minimum absolute atomic E-state index is 0.145. The maximum absolute atomic E-state index is 14.1. The Morgan fingerprint density at radius 1 is 1.10 bits per heavy atom. The van der Waals surface area contributed by atoms with Gasteiger partial charge in [0.2, 0.25) is 5.91 Å². The fraction of sp³-hybridized carbons (Fsp3) is 0.188. The molecule has 0 fully saturated rings. The number of fused-ring (bicyclic) bond motifs is 1. The highest BCUT2D eigenvalue weighted by atomic mass is 35.5. The highest BCUT2D eigenvalue weighted by Crippen LogP contribution is 2.39. The monoisotopic (exact) mass is 304 g/mol. The van der Waals surface area contributed by atoms with Gasteiger partial charge in [-0.2, -0.15) is 0 Å². The molecular formula is C16H14ClFN2O. The number of nitrogens with zero attached hydrogens (tertiary/aromatic N) is 2. The van der Waals surface area contributed by atoms with Gasteiger partial charge in [-0.1, -0.05) is 23.7 Å². The van der Waals surface area contributed by atoms with Crippen LogP contribution in [0, 0.1) is 5.82 Å². The number of hydrogen-bond donors (Lipinski definition) is 0. The van der Waals surface area contributed by atoms with Gasteiger partial charge in [0.05, 0.1) is 17.1 Å². The number of hydrogen-bond acceptors (Lipinski definition) is 2. The summed E-state index contributed by atoms with van der Waals surface area (Å²) in [5.74, 6) is -0.575. The number of amides is 1. The highest BCUT2D eigenvalue weighted by Gasteiger charge is 2.27. The van der Waals surface area contributed by atoms with Crippen molar-refractivity contribution < 1.29 is 9.18 Å². The minimum Gasteiger partial charge on any atom is -0.372 e. The molecule has 0 N–H and O–H groups in total. The van der Waals surface area contributed by atoms with E-state index in [1.807, 2.05) is 18.0 Å². The van der Waals surface area contributed by atoms with Crippen molar-refractivity contribution in [3.63, 3.8) is 0 Å². The summed E-state index contributed by atoms with van der Waals surface area (Å²) in [5, 5.41) is 0.512. The Morgan fingerprint density at radius 2 is 1.86 bits per heavy atom. The molecule has 21 heavy (non-hydrogen) atoms. The molecule has 0 saturated heterocycles. The summed E-state index contributed by atoms with van der Waals surface area (Å²) in [4.78, 5) is 15.9. The maximum Gasteiger partial charge on any atom is 0.233 e. The summed E-state index contributed by atoms with van der Waals surface area (Å²) in [5.41, 5.74) is 1.72. The number of para-hydroxylation sites is 1. The third kappa shape index (κ3) is 2.47. The summed E-state index contributed by atoms with van der Waals surface area (Å²) >= 11 is 6.07. The molecule has 3 nitrogen and oxygen atoms in total. The first-order chi connectivity index (χ1) is 10.1. The average molecular weight is 305 g/mol. The van der Waals surface area contributed by atoms with E-state index in [4.69, 9.17) is 11.6 Å². The molecule has 0 spiro atoms. The second-order valence-electron chi connectivity index (χ2n) is 4.99. The highest BCUT2D eigenvalue weighted by molar-refractivity contribution is 6.31. The van der Waals surface area contributed by atoms with Gasteiger partial charge in [-0.3, -0.25) is 9.69 Å². The molecular weight excluding hydrogens is 291 g/mol. The predicted octanol–water partition coefficient (Wildman–Crippen LogP) is 3.98. The zero-order valence-electron chi connectivity index (χ0n) is 11.5. The average Bonchev–Trinajstić information content (AvgIpc) is 2.58. The van der Waals surface area contributed by atoms with Gasteiger partial charge in [-0.15, -0.1) is 0 Å². The molecule has 0 bridgehead atoms. The van der Waals surface area contributed by atoms with Crippen LogP contribution in [-0.4, -0.2) is 19.5 Å². The standard InChI is InChI=1S/C16H14ClFN2O/c1-19-9-8-16(21)20(13-5-3-2-4-12(13)18)15-10-11(17)6-7-14(15)19/h2-7,10H,8-9H2,1H3. The zero-order valence-corrected chi connectivity index (χ0v) is 12.3. The molecule has 1 heterocycles. The second kappa shape index (κ2) is 5.37. The summed E-state index contributed by atoms with van der Waals surface area (Å²) in [6, 6.07) is 11.6. The third-order valence-corrected chi connectivity index (χ3v) is 3.83. The molecule has 1 amide bonds. The Hall–Kier alpha value is -2.07. The van der Waals surface area contributed by atoms with Crippen molar-refractivity contribution in [2.45, 2.75) is 6.42 Å². The molecule has 5 heteroatoms. The summed E-state index contributed by atoms with van der Waals surface area (Å²) in [7, 11) is 1.91. The van der Waals surface area contributed by atoms with Gasteiger partial charge >= 0.3 is 0 Å². The smallest absolute Gasteiger partial charge is 0.233 e. The largest absolute Gasteiger partial charge is 0.372 e. The fourth-order valence-corrected chi connectivity index (χ4v) is 2.69. The van der Waals surface area contributed by atoms with E-state index in [1.54, 1.807) is 30.3 Å². The van der Waals surface area contributed by atoms with Crippen LogP contribution in [-0.2, 0) is 4.79 Å². The van der Waals surface area contributed by atoms with Gasteiger partial charge in [-0.25, -0.2) is 4.39 Å². The van der Waals surface area contributed by atoms with Gasteiger partial charge in [0, 0.05) is 25.0 Å². The van der Waals surface area contributed by atoms with Crippen LogP contribution < -0.4 is 9.80 Å². The van der Waals surface area contributed by atoms with E-state index in [1.165, 1.54) is 11.0 Å². The Bertz CT molecular complexity index is 704. The topological polar surface area (TPSA) is 23.6 Å². The second-order valence-corrected chi connectivity index (χ2v) is 5.42. The van der Waals surface area contributed by atoms with E-state index in [0.717, 1.165) is 5.69 Å². The molecule has 0 radical (unpaired) electrons. The van der Waals surface area contributed by atoms with Crippen molar-refractivity contribution in [3.05, 3.63) is 53.3 Å². The first-order valence-corrected chi connectivity index (χ1v) is 7.04. The molecule has 1 aliphatic rings. The number of carbonyl (C=O) groups is 1. The van der Waals surface area contributed by atoms with Gasteiger partial charge < -0.3 is 4.90 Å². The lowest BCUT2D eigenvalue weighted by Crippen LogP contribution is -2.26. The molecule has 0 unspecified atom stereocenters. The van der Waals surface area contributed by atoms with E-state index >= 15 is 0 Å². The Morgan fingerprint density at radius 3 is 2.62 bits per heavy atom. The normalized spacial score (nSPS) is 14.9. The summed E-state index contributed by atoms with van der Waals surface area (Å²) in [6.07, 6.45) is 0.317. The van der Waals surface area contributed by atoms with Crippen LogP contribution in [0.5, 0.6) is 0 Å². The Kier molecular flexibility index (Phi) is 3.55. The first-order valence-electron chi connectivity index (χ1n) is 6.66. The summed E-state index contributed by atoms with van der Waals surface area (Å²) < 4.78 is 14.1. The number of rotatable bonds is 1. The third-order valence-electron chi connectivity index (χ3n) is 3.59. The van der Waals surface area contributed by atoms with E-state index in [0.29, 0.717) is 23.7 Å². The van der Waals surface area contributed by atoms with Crippen LogP contribution in [0.3, 0.4) is 0 Å². The number of anilines is 3. The lowest BCUT2D eigenvalue weighted by molar-refractivity contribution is -0.117. The number of halogens is 2. The van der Waals surface area contributed by atoms with Crippen LogP contribution in [0.25, 0.3) is 0 Å². The van der Waals surface area contributed by atoms with Gasteiger partial charge in [0.25, 0.3) is 0 Å². The van der Waals surface area contributed by atoms with Crippen molar-refractivity contribution in [2.75, 3.05) is 23.4 Å². The van der Waals surface area contributed by atoms with Crippen molar-refractivity contribution >= 4 is 34.6 Å². The molecule has 0 atom stereocenters. The first kappa shape index (κ1) is 13.9. The van der Waals surface area contributed by atoms with Crippen molar-refractivity contribution in [1.82, 2.24) is 0 Å². The van der Waals surface area contributed by atoms with Crippen LogP contribution >= 0.6 is 11.6 Å². The van der Waals surface area contributed by atoms with Crippen molar-refractivity contribution in [2.24, 2.45) is 0 Å².